The van der Waals surface area contributed by atoms with Gasteiger partial charge in [0.2, 0.25) is 5.89 Å². The lowest BCUT2D eigenvalue weighted by molar-refractivity contribution is 0.485. The largest absolute Gasteiger partial charge is 0.467 e. The van der Waals surface area contributed by atoms with Crippen molar-refractivity contribution in [1.29, 1.82) is 0 Å². The van der Waals surface area contributed by atoms with Crippen molar-refractivity contribution in [2.24, 2.45) is 0 Å². The summed E-state index contributed by atoms with van der Waals surface area (Å²) in [7, 11) is 0. The Labute approximate surface area is 174 Å². The smallest absolute Gasteiger partial charge is 0.236 e. The van der Waals surface area contributed by atoms with Gasteiger partial charge in [0.25, 0.3) is 0 Å². The van der Waals surface area contributed by atoms with Crippen LogP contribution < -0.4 is 0 Å². The van der Waals surface area contributed by atoms with Gasteiger partial charge in [0.1, 0.15) is 12.0 Å². The lowest BCUT2D eigenvalue weighted by atomic mass is 10.2. The minimum Gasteiger partial charge on any atom is -0.467 e. The standard InChI is InChI=1S/C20H15N5O2S2/c1-4-14(10-21-7-1)18-23-24-20(25(18)11-16-5-2-8-26-16)29-13-15-12-27-19(22-15)17-6-3-9-28-17/h1-10,12H,11,13H2. The SMILES string of the molecule is c1cncc(-c2nnc(SCc3coc(-c4cccs4)n3)n2Cc2ccco2)c1. The molecule has 0 aliphatic carbocycles. The predicted octanol–water partition coefficient (Wildman–Crippen LogP) is 4.99. The fraction of sp³-hybridized carbons (Fsp3) is 0.100. The zero-order valence-electron chi connectivity index (χ0n) is 15.1. The summed E-state index contributed by atoms with van der Waals surface area (Å²) in [5.74, 6) is 2.84. The summed E-state index contributed by atoms with van der Waals surface area (Å²) >= 11 is 3.16. The van der Waals surface area contributed by atoms with Crippen molar-refractivity contribution < 1.29 is 8.83 Å². The maximum atomic E-state index is 5.61. The van der Waals surface area contributed by atoms with Crippen LogP contribution in [0.1, 0.15) is 11.5 Å². The predicted molar refractivity (Wildman–Crippen MR) is 110 cm³/mol. The van der Waals surface area contributed by atoms with Crippen LogP contribution >= 0.6 is 23.1 Å². The number of nitrogens with zero attached hydrogens (tertiary/aromatic N) is 5. The maximum Gasteiger partial charge on any atom is 0.236 e. The number of furan rings is 1. The third-order valence-electron chi connectivity index (χ3n) is 4.16. The number of hydrogen-bond acceptors (Lipinski definition) is 8. The average Bonchev–Trinajstić information content (AvgIpc) is 3.55. The lowest BCUT2D eigenvalue weighted by Gasteiger charge is -2.08. The maximum absolute atomic E-state index is 5.61. The Kier molecular flexibility index (Phi) is 4.97. The molecule has 0 saturated heterocycles. The second-order valence-corrected chi connectivity index (χ2v) is 8.01. The zero-order chi connectivity index (χ0) is 19.5. The molecule has 5 heterocycles. The molecule has 0 aliphatic rings. The highest BCUT2D eigenvalue weighted by Crippen LogP contribution is 2.29. The monoisotopic (exact) mass is 421 g/mol. The molecule has 9 heteroatoms. The van der Waals surface area contributed by atoms with Gasteiger partial charge >= 0.3 is 0 Å². The molecule has 0 amide bonds. The summed E-state index contributed by atoms with van der Waals surface area (Å²) < 4.78 is 13.2. The van der Waals surface area contributed by atoms with Crippen LogP contribution in [-0.2, 0) is 12.3 Å². The molecule has 0 radical (unpaired) electrons. The van der Waals surface area contributed by atoms with Gasteiger partial charge in [0.05, 0.1) is 23.4 Å². The van der Waals surface area contributed by atoms with Crippen LogP contribution in [0.5, 0.6) is 0 Å². The second kappa shape index (κ2) is 8.06. The molecule has 7 nitrogen and oxygen atoms in total. The Morgan fingerprint density at radius 2 is 2.07 bits per heavy atom. The Hall–Kier alpha value is -3.17. The number of hydrogen-bond donors (Lipinski definition) is 0. The average molecular weight is 422 g/mol. The van der Waals surface area contributed by atoms with Crippen molar-refractivity contribution in [3.05, 3.63) is 78.2 Å². The number of aromatic nitrogens is 5. The second-order valence-electron chi connectivity index (χ2n) is 6.12. The van der Waals surface area contributed by atoms with Crippen LogP contribution in [0.3, 0.4) is 0 Å². The molecule has 29 heavy (non-hydrogen) atoms. The van der Waals surface area contributed by atoms with Crippen molar-refractivity contribution in [2.45, 2.75) is 17.5 Å². The number of pyridine rings is 1. The van der Waals surface area contributed by atoms with E-state index in [2.05, 4.69) is 20.2 Å². The molecule has 0 atom stereocenters. The van der Waals surface area contributed by atoms with Crippen LogP contribution in [0.25, 0.3) is 22.2 Å². The third kappa shape index (κ3) is 3.87. The number of rotatable bonds is 7. The van der Waals surface area contributed by atoms with Crippen LogP contribution in [0.2, 0.25) is 0 Å². The van der Waals surface area contributed by atoms with E-state index >= 15 is 0 Å². The zero-order valence-corrected chi connectivity index (χ0v) is 16.8. The third-order valence-corrected chi connectivity index (χ3v) is 6.02. The molecule has 0 aromatic carbocycles. The normalized spacial score (nSPS) is 11.2. The van der Waals surface area contributed by atoms with Crippen LogP contribution in [0, 0.1) is 0 Å². The van der Waals surface area contributed by atoms with E-state index in [0.29, 0.717) is 18.2 Å². The minimum atomic E-state index is 0.534. The van der Waals surface area contributed by atoms with Gasteiger partial charge < -0.3 is 8.83 Å². The van der Waals surface area contributed by atoms with E-state index in [0.717, 1.165) is 32.9 Å². The van der Waals surface area contributed by atoms with Crippen molar-refractivity contribution in [1.82, 2.24) is 24.7 Å². The molecule has 0 bridgehead atoms. The molecule has 0 N–H and O–H groups in total. The topological polar surface area (TPSA) is 82.8 Å². The molecule has 5 aromatic heterocycles. The number of thioether (sulfide) groups is 1. The lowest BCUT2D eigenvalue weighted by Crippen LogP contribution is -2.03. The van der Waals surface area contributed by atoms with Gasteiger partial charge in [-0.1, -0.05) is 17.8 Å². The summed E-state index contributed by atoms with van der Waals surface area (Å²) in [6, 6.07) is 11.6. The number of thiophene rings is 1. The number of oxazole rings is 1. The fourth-order valence-electron chi connectivity index (χ4n) is 2.83. The van der Waals surface area contributed by atoms with E-state index in [4.69, 9.17) is 8.83 Å². The highest BCUT2D eigenvalue weighted by molar-refractivity contribution is 7.98. The van der Waals surface area contributed by atoms with Crippen molar-refractivity contribution >= 4 is 23.1 Å². The van der Waals surface area contributed by atoms with Crippen LogP contribution in [-0.4, -0.2) is 24.7 Å². The Morgan fingerprint density at radius 3 is 2.86 bits per heavy atom. The van der Waals surface area contributed by atoms with Gasteiger partial charge in [0, 0.05) is 23.7 Å². The molecule has 0 saturated carbocycles. The van der Waals surface area contributed by atoms with Gasteiger partial charge in [-0.05, 0) is 35.7 Å². The summed E-state index contributed by atoms with van der Waals surface area (Å²) in [4.78, 5) is 9.79. The highest BCUT2D eigenvalue weighted by Gasteiger charge is 2.17. The van der Waals surface area contributed by atoms with Crippen molar-refractivity contribution in [2.75, 3.05) is 0 Å². The van der Waals surface area contributed by atoms with Gasteiger partial charge in [-0.25, -0.2) is 4.98 Å². The highest BCUT2D eigenvalue weighted by atomic mass is 32.2. The Morgan fingerprint density at radius 1 is 1.07 bits per heavy atom. The first kappa shape index (κ1) is 17.9. The minimum absolute atomic E-state index is 0.534. The van der Waals surface area contributed by atoms with E-state index < -0.39 is 0 Å². The van der Waals surface area contributed by atoms with Gasteiger partial charge in [0.15, 0.2) is 11.0 Å². The van der Waals surface area contributed by atoms with E-state index in [1.807, 2.05) is 46.3 Å². The van der Waals surface area contributed by atoms with Crippen LogP contribution in [0.4, 0.5) is 0 Å². The van der Waals surface area contributed by atoms with Crippen molar-refractivity contribution in [3.8, 4) is 22.2 Å². The molecule has 0 unspecified atom stereocenters. The summed E-state index contributed by atoms with van der Waals surface area (Å²) in [5, 5.41) is 11.6. The van der Waals surface area contributed by atoms with E-state index in [-0.39, 0.29) is 0 Å². The van der Waals surface area contributed by atoms with Gasteiger partial charge in [-0.2, -0.15) is 0 Å². The molecule has 5 aromatic rings. The first-order chi connectivity index (χ1) is 14.4. The van der Waals surface area contributed by atoms with Crippen LogP contribution in [0.15, 0.2) is 80.7 Å². The van der Waals surface area contributed by atoms with Gasteiger partial charge in [-0.15, -0.1) is 21.5 Å². The molecule has 144 valence electrons. The van der Waals surface area contributed by atoms with Crippen molar-refractivity contribution in [3.63, 3.8) is 0 Å². The first-order valence-corrected chi connectivity index (χ1v) is 10.7. The van der Waals surface area contributed by atoms with Gasteiger partial charge in [-0.3, -0.25) is 9.55 Å². The molecule has 0 spiro atoms. The molecule has 0 fully saturated rings. The molecular weight excluding hydrogens is 406 g/mol. The first-order valence-electron chi connectivity index (χ1n) is 8.84. The summed E-state index contributed by atoms with van der Waals surface area (Å²) in [6.45, 7) is 0.534. The Bertz CT molecular complexity index is 1180. The molecule has 0 aliphatic heterocycles. The Balaban J connectivity index is 1.40. The summed E-state index contributed by atoms with van der Waals surface area (Å²) in [5.41, 5.74) is 1.76. The van der Waals surface area contributed by atoms with E-state index in [1.165, 1.54) is 0 Å². The summed E-state index contributed by atoms with van der Waals surface area (Å²) in [6.07, 6.45) is 6.87. The van der Waals surface area contributed by atoms with E-state index in [9.17, 15) is 0 Å². The fourth-order valence-corrected chi connectivity index (χ4v) is 4.30. The van der Waals surface area contributed by atoms with E-state index in [1.54, 1.807) is 48.0 Å². The quantitative estimate of drug-likeness (QED) is 0.342. The molecular formula is C20H15N5O2S2. The molecule has 5 rings (SSSR count).